The largest absolute Gasteiger partial charge is 0.377 e. The maximum absolute atomic E-state index is 13.8. The molecule has 33 heavy (non-hydrogen) atoms. The molecule has 0 unspecified atom stereocenters. The zero-order valence-corrected chi connectivity index (χ0v) is 19.6. The lowest BCUT2D eigenvalue weighted by Gasteiger charge is -2.27. The van der Waals surface area contributed by atoms with Crippen molar-refractivity contribution < 1.29 is 14.0 Å². The summed E-state index contributed by atoms with van der Waals surface area (Å²) < 4.78 is 13.8. The normalized spacial score (nSPS) is 10.6. The molecule has 0 spiro atoms. The number of halogens is 1. The number of anilines is 2. The van der Waals surface area contributed by atoms with Gasteiger partial charge < -0.3 is 15.1 Å². The number of rotatable bonds is 8. The molecule has 3 rings (SSSR count). The first kappa shape index (κ1) is 24.0. The molecule has 0 aromatic heterocycles. The molecule has 0 bridgehead atoms. The fourth-order valence-electron chi connectivity index (χ4n) is 3.70. The molecule has 2 amide bonds. The van der Waals surface area contributed by atoms with Crippen molar-refractivity contribution in [3.05, 3.63) is 94.8 Å². The van der Waals surface area contributed by atoms with Crippen molar-refractivity contribution in [2.75, 3.05) is 24.3 Å². The molecule has 5 nitrogen and oxygen atoms in total. The minimum atomic E-state index is -0.339. The van der Waals surface area contributed by atoms with Gasteiger partial charge in [0.2, 0.25) is 5.91 Å². The van der Waals surface area contributed by atoms with Crippen molar-refractivity contribution in [1.29, 1.82) is 0 Å². The number of aryl methyl sites for hydroxylation is 1. The summed E-state index contributed by atoms with van der Waals surface area (Å²) in [6, 6.07) is 19.4. The Morgan fingerprint density at radius 3 is 2.36 bits per heavy atom. The van der Waals surface area contributed by atoms with Crippen LogP contribution in [0.15, 0.2) is 66.7 Å². The number of hydrogen-bond acceptors (Lipinski definition) is 3. The molecule has 0 heterocycles. The molecule has 0 saturated heterocycles. The summed E-state index contributed by atoms with van der Waals surface area (Å²) in [7, 11) is 3.87. The number of hydrogen-bond donors (Lipinski definition) is 1. The van der Waals surface area contributed by atoms with E-state index in [-0.39, 0.29) is 24.2 Å². The first-order valence-electron chi connectivity index (χ1n) is 11.0. The SMILES string of the molecule is CCC(=O)Nc1ccc(N(C)C)c(CN(Cc2cccc(F)c2)C(=O)c2cccc(C)c2)c1. The summed E-state index contributed by atoms with van der Waals surface area (Å²) in [5.41, 5.74) is 4.77. The van der Waals surface area contributed by atoms with Gasteiger partial charge in [0.15, 0.2) is 0 Å². The molecule has 0 radical (unpaired) electrons. The van der Waals surface area contributed by atoms with E-state index in [1.807, 2.05) is 68.4 Å². The van der Waals surface area contributed by atoms with Gasteiger partial charge in [-0.1, -0.05) is 36.8 Å². The summed E-state index contributed by atoms with van der Waals surface area (Å²) in [5, 5.41) is 2.89. The summed E-state index contributed by atoms with van der Waals surface area (Å²) in [6.07, 6.45) is 0.377. The van der Waals surface area contributed by atoms with Crippen LogP contribution in [-0.4, -0.2) is 30.8 Å². The van der Waals surface area contributed by atoms with Crippen LogP contribution >= 0.6 is 0 Å². The van der Waals surface area contributed by atoms with Crippen LogP contribution in [-0.2, 0) is 17.9 Å². The third-order valence-electron chi connectivity index (χ3n) is 5.34. The highest BCUT2D eigenvalue weighted by molar-refractivity contribution is 5.94. The first-order valence-corrected chi connectivity index (χ1v) is 11.0. The number of amides is 2. The van der Waals surface area contributed by atoms with Crippen LogP contribution in [0.2, 0.25) is 0 Å². The van der Waals surface area contributed by atoms with Crippen molar-refractivity contribution in [2.24, 2.45) is 0 Å². The van der Waals surface area contributed by atoms with Gasteiger partial charge in [0, 0.05) is 50.5 Å². The van der Waals surface area contributed by atoms with Crippen LogP contribution in [0.3, 0.4) is 0 Å². The minimum absolute atomic E-state index is 0.0778. The van der Waals surface area contributed by atoms with Gasteiger partial charge in [-0.3, -0.25) is 9.59 Å². The number of nitrogens with zero attached hydrogens (tertiary/aromatic N) is 2. The van der Waals surface area contributed by atoms with Gasteiger partial charge in [0.25, 0.3) is 5.91 Å². The van der Waals surface area contributed by atoms with Crippen molar-refractivity contribution in [3.63, 3.8) is 0 Å². The minimum Gasteiger partial charge on any atom is -0.377 e. The first-order chi connectivity index (χ1) is 15.8. The molecule has 0 saturated carbocycles. The van der Waals surface area contributed by atoms with Gasteiger partial charge in [-0.05, 0) is 60.5 Å². The predicted octanol–water partition coefficient (Wildman–Crippen LogP) is 5.39. The monoisotopic (exact) mass is 447 g/mol. The van der Waals surface area contributed by atoms with Crippen molar-refractivity contribution in [1.82, 2.24) is 4.90 Å². The lowest BCUT2D eigenvalue weighted by Crippen LogP contribution is -2.31. The van der Waals surface area contributed by atoms with Crippen LogP contribution in [0, 0.1) is 12.7 Å². The molecule has 3 aromatic carbocycles. The quantitative estimate of drug-likeness (QED) is 0.504. The Balaban J connectivity index is 2.00. The molecular formula is C27H30FN3O2. The lowest BCUT2D eigenvalue weighted by molar-refractivity contribution is -0.115. The van der Waals surface area contributed by atoms with Gasteiger partial charge in [-0.25, -0.2) is 4.39 Å². The van der Waals surface area contributed by atoms with Gasteiger partial charge in [0.05, 0.1) is 0 Å². The van der Waals surface area contributed by atoms with Gasteiger partial charge in [-0.2, -0.15) is 0 Å². The van der Waals surface area contributed by atoms with E-state index in [4.69, 9.17) is 0 Å². The van der Waals surface area contributed by atoms with Gasteiger partial charge in [-0.15, -0.1) is 0 Å². The molecule has 172 valence electrons. The molecule has 3 aromatic rings. The van der Waals surface area contributed by atoms with Gasteiger partial charge >= 0.3 is 0 Å². The zero-order chi connectivity index (χ0) is 24.0. The van der Waals surface area contributed by atoms with E-state index in [0.717, 1.165) is 16.8 Å². The maximum Gasteiger partial charge on any atom is 0.254 e. The number of carbonyl (C=O) groups is 2. The van der Waals surface area contributed by atoms with Crippen LogP contribution in [0.25, 0.3) is 0 Å². The lowest BCUT2D eigenvalue weighted by atomic mass is 10.1. The van der Waals surface area contributed by atoms with Crippen LogP contribution in [0.4, 0.5) is 15.8 Å². The summed E-state index contributed by atoms with van der Waals surface area (Å²) >= 11 is 0. The number of carbonyl (C=O) groups excluding carboxylic acids is 2. The fourth-order valence-corrected chi connectivity index (χ4v) is 3.70. The van der Waals surface area contributed by atoms with E-state index in [1.165, 1.54) is 12.1 Å². The second-order valence-corrected chi connectivity index (χ2v) is 8.30. The highest BCUT2D eigenvalue weighted by Crippen LogP contribution is 2.26. The second-order valence-electron chi connectivity index (χ2n) is 8.30. The van der Waals surface area contributed by atoms with E-state index in [1.54, 1.807) is 24.0 Å². The van der Waals surface area contributed by atoms with Crippen LogP contribution in [0.1, 0.15) is 40.4 Å². The average Bonchev–Trinajstić information content (AvgIpc) is 2.78. The summed E-state index contributed by atoms with van der Waals surface area (Å²) in [5.74, 6) is -0.560. The fraction of sp³-hybridized carbons (Fsp3) is 0.259. The molecule has 0 aliphatic rings. The summed E-state index contributed by atoms with van der Waals surface area (Å²) in [4.78, 5) is 29.1. The smallest absolute Gasteiger partial charge is 0.254 e. The predicted molar refractivity (Wildman–Crippen MR) is 131 cm³/mol. The Labute approximate surface area is 194 Å². The van der Waals surface area contributed by atoms with E-state index in [2.05, 4.69) is 5.32 Å². The Morgan fingerprint density at radius 1 is 0.939 bits per heavy atom. The number of benzene rings is 3. The molecule has 0 aliphatic carbocycles. The molecule has 6 heteroatoms. The third-order valence-corrected chi connectivity index (χ3v) is 5.34. The highest BCUT2D eigenvalue weighted by Gasteiger charge is 2.20. The van der Waals surface area contributed by atoms with E-state index >= 15 is 0 Å². The molecular weight excluding hydrogens is 417 g/mol. The maximum atomic E-state index is 13.8. The van der Waals surface area contributed by atoms with Crippen LogP contribution < -0.4 is 10.2 Å². The molecule has 0 atom stereocenters. The van der Waals surface area contributed by atoms with Crippen molar-refractivity contribution in [2.45, 2.75) is 33.4 Å². The van der Waals surface area contributed by atoms with Crippen molar-refractivity contribution in [3.8, 4) is 0 Å². The van der Waals surface area contributed by atoms with E-state index in [9.17, 15) is 14.0 Å². The Hall–Kier alpha value is -3.67. The topological polar surface area (TPSA) is 52.7 Å². The van der Waals surface area contributed by atoms with Gasteiger partial charge in [0.1, 0.15) is 5.82 Å². The average molecular weight is 448 g/mol. The Kier molecular flexibility index (Phi) is 7.83. The standard InChI is InChI=1S/C27H30FN3O2/c1-5-26(32)29-24-12-13-25(30(3)4)22(16-24)18-31(17-20-9-7-11-23(28)15-20)27(33)21-10-6-8-19(2)14-21/h6-16H,5,17-18H2,1-4H3,(H,29,32). The Morgan fingerprint density at radius 2 is 1.70 bits per heavy atom. The van der Waals surface area contributed by atoms with Crippen LogP contribution in [0.5, 0.6) is 0 Å². The molecule has 0 fully saturated rings. The van der Waals surface area contributed by atoms with Crippen molar-refractivity contribution >= 4 is 23.2 Å². The number of nitrogens with one attached hydrogen (secondary N) is 1. The molecule has 0 aliphatic heterocycles. The Bertz CT molecular complexity index is 1140. The highest BCUT2D eigenvalue weighted by atomic mass is 19.1. The van der Waals surface area contributed by atoms with E-state index < -0.39 is 0 Å². The zero-order valence-electron chi connectivity index (χ0n) is 19.6. The second kappa shape index (κ2) is 10.8. The van der Waals surface area contributed by atoms with E-state index in [0.29, 0.717) is 29.8 Å². The third kappa shape index (κ3) is 6.42. The molecule has 1 N–H and O–H groups in total. The summed E-state index contributed by atoms with van der Waals surface area (Å²) in [6.45, 7) is 4.29.